The molecule has 0 saturated heterocycles. The van der Waals surface area contributed by atoms with Gasteiger partial charge in [0.05, 0.1) is 6.34 Å². The Hall–Kier alpha value is -1.38. The third-order valence-electron chi connectivity index (χ3n) is 1.80. The fourth-order valence-corrected chi connectivity index (χ4v) is 1.13. The van der Waals surface area contributed by atoms with Crippen LogP contribution in [0.2, 0.25) is 0 Å². The predicted octanol–water partition coefficient (Wildman–Crippen LogP) is 2.46. The van der Waals surface area contributed by atoms with Crippen LogP contribution in [0, 0.1) is 5.82 Å². The molecule has 2 nitrogen and oxygen atoms in total. The van der Waals surface area contributed by atoms with Crippen molar-refractivity contribution in [2.24, 2.45) is 4.99 Å². The van der Waals surface area contributed by atoms with E-state index in [0.717, 1.165) is 17.7 Å². The highest BCUT2D eigenvalue weighted by molar-refractivity contribution is 5.77. The summed E-state index contributed by atoms with van der Waals surface area (Å²) in [5.41, 5.74) is 1.87. The van der Waals surface area contributed by atoms with Crippen molar-refractivity contribution in [3.05, 3.63) is 29.6 Å². The highest BCUT2D eigenvalue weighted by Gasteiger charge is 1.99. The van der Waals surface area contributed by atoms with Gasteiger partial charge in [-0.15, -0.1) is 0 Å². The molecule has 0 saturated carbocycles. The maximum absolute atomic E-state index is 12.8. The lowest BCUT2D eigenvalue weighted by Crippen LogP contribution is -1.99. The molecule has 1 N–H and O–H groups in total. The van der Waals surface area contributed by atoms with Crippen LogP contribution in [0.15, 0.2) is 23.2 Å². The minimum atomic E-state index is -0.198. The van der Waals surface area contributed by atoms with Gasteiger partial charge in [0.2, 0.25) is 0 Å². The van der Waals surface area contributed by atoms with Crippen molar-refractivity contribution in [1.29, 1.82) is 0 Å². The number of hydrogen-bond acceptors (Lipinski definition) is 1. The highest BCUT2D eigenvalue weighted by Crippen LogP contribution is 2.16. The molecule has 1 rings (SSSR count). The zero-order valence-corrected chi connectivity index (χ0v) is 7.84. The number of rotatable bonds is 3. The van der Waals surface area contributed by atoms with Gasteiger partial charge < -0.3 is 5.32 Å². The van der Waals surface area contributed by atoms with Crippen LogP contribution in [0.4, 0.5) is 10.1 Å². The molecule has 70 valence electrons. The first kappa shape index (κ1) is 9.71. The number of hydrogen-bond donors (Lipinski definition) is 1. The van der Waals surface area contributed by atoms with E-state index in [1.165, 1.54) is 12.1 Å². The lowest BCUT2D eigenvalue weighted by atomic mass is 10.1. The Balaban J connectivity index is 2.92. The number of nitrogens with zero attached hydrogens (tertiary/aromatic N) is 1. The number of anilines is 1. The van der Waals surface area contributed by atoms with Crippen LogP contribution >= 0.6 is 0 Å². The first-order chi connectivity index (χ1) is 6.27. The maximum atomic E-state index is 12.8. The molecular formula is C10H13FN2. The van der Waals surface area contributed by atoms with Gasteiger partial charge in [-0.1, -0.05) is 6.92 Å². The van der Waals surface area contributed by atoms with Gasteiger partial charge >= 0.3 is 0 Å². The molecule has 0 spiro atoms. The number of benzene rings is 1. The molecule has 0 aliphatic heterocycles. The van der Waals surface area contributed by atoms with E-state index in [0.29, 0.717) is 0 Å². The van der Waals surface area contributed by atoms with Gasteiger partial charge in [0.25, 0.3) is 0 Å². The number of halogens is 1. The van der Waals surface area contributed by atoms with Crippen molar-refractivity contribution in [2.75, 3.05) is 12.4 Å². The largest absolute Gasteiger partial charge is 0.347 e. The molecule has 3 heteroatoms. The van der Waals surface area contributed by atoms with Gasteiger partial charge in [0.15, 0.2) is 0 Å². The van der Waals surface area contributed by atoms with Crippen LogP contribution in [-0.4, -0.2) is 13.4 Å². The Morgan fingerprint density at radius 2 is 2.31 bits per heavy atom. The number of aliphatic imine (C=N–C) groups is 1. The molecule has 0 amide bonds. The minimum Gasteiger partial charge on any atom is -0.347 e. The summed E-state index contributed by atoms with van der Waals surface area (Å²) < 4.78 is 12.8. The lowest BCUT2D eigenvalue weighted by Gasteiger charge is -2.06. The van der Waals surface area contributed by atoms with E-state index in [9.17, 15) is 4.39 Å². The van der Waals surface area contributed by atoms with Gasteiger partial charge in [-0.2, -0.15) is 0 Å². The molecule has 0 aliphatic carbocycles. The van der Waals surface area contributed by atoms with Crippen LogP contribution in [0.3, 0.4) is 0 Å². The average Bonchev–Trinajstić information content (AvgIpc) is 2.16. The van der Waals surface area contributed by atoms with E-state index >= 15 is 0 Å². The molecule has 0 atom stereocenters. The number of nitrogens with one attached hydrogen (secondary N) is 1. The monoisotopic (exact) mass is 180 g/mol. The molecule has 0 heterocycles. The van der Waals surface area contributed by atoms with Crippen molar-refractivity contribution < 1.29 is 4.39 Å². The van der Waals surface area contributed by atoms with Crippen molar-refractivity contribution in [1.82, 2.24) is 0 Å². The molecule has 1 aromatic rings. The van der Waals surface area contributed by atoms with Gasteiger partial charge in [0, 0.05) is 12.7 Å². The second-order valence-electron chi connectivity index (χ2n) is 2.69. The Morgan fingerprint density at radius 3 is 2.92 bits per heavy atom. The van der Waals surface area contributed by atoms with Crippen molar-refractivity contribution in [3.8, 4) is 0 Å². The maximum Gasteiger partial charge on any atom is 0.123 e. The SMILES string of the molecule is CCc1cc(F)ccc1NC=NC. The van der Waals surface area contributed by atoms with Crippen molar-refractivity contribution in [3.63, 3.8) is 0 Å². The third kappa shape index (κ3) is 2.54. The molecule has 0 radical (unpaired) electrons. The average molecular weight is 180 g/mol. The first-order valence-corrected chi connectivity index (χ1v) is 4.23. The summed E-state index contributed by atoms with van der Waals surface area (Å²) in [6.07, 6.45) is 2.39. The van der Waals surface area contributed by atoms with Crippen LogP contribution < -0.4 is 5.32 Å². The third-order valence-corrected chi connectivity index (χ3v) is 1.80. The standard InChI is InChI=1S/C10H13FN2/c1-3-8-6-9(11)4-5-10(8)13-7-12-2/h4-7H,3H2,1-2H3,(H,12,13). The summed E-state index contributed by atoms with van der Waals surface area (Å²) >= 11 is 0. The molecule has 0 bridgehead atoms. The second-order valence-corrected chi connectivity index (χ2v) is 2.69. The number of aryl methyl sites for hydroxylation is 1. The molecular weight excluding hydrogens is 167 g/mol. The van der Waals surface area contributed by atoms with E-state index in [1.54, 1.807) is 19.5 Å². The molecule has 13 heavy (non-hydrogen) atoms. The van der Waals surface area contributed by atoms with Gasteiger partial charge in [0.1, 0.15) is 5.82 Å². The molecule has 0 aromatic heterocycles. The summed E-state index contributed by atoms with van der Waals surface area (Å²) in [6.45, 7) is 1.99. The van der Waals surface area contributed by atoms with E-state index in [-0.39, 0.29) is 5.82 Å². The highest BCUT2D eigenvalue weighted by atomic mass is 19.1. The zero-order valence-electron chi connectivity index (χ0n) is 7.84. The Labute approximate surface area is 77.5 Å². The quantitative estimate of drug-likeness (QED) is 0.560. The summed E-state index contributed by atoms with van der Waals surface area (Å²) in [4.78, 5) is 3.80. The Bertz CT molecular complexity index is 308. The summed E-state index contributed by atoms with van der Waals surface area (Å²) in [6, 6.07) is 4.69. The summed E-state index contributed by atoms with van der Waals surface area (Å²) in [7, 11) is 1.68. The molecule has 0 fully saturated rings. The van der Waals surface area contributed by atoms with Crippen LogP contribution in [0.1, 0.15) is 12.5 Å². The lowest BCUT2D eigenvalue weighted by molar-refractivity contribution is 0.626. The summed E-state index contributed by atoms with van der Waals surface area (Å²) in [5, 5.41) is 2.98. The van der Waals surface area contributed by atoms with E-state index < -0.39 is 0 Å². The van der Waals surface area contributed by atoms with Crippen molar-refractivity contribution >= 4 is 12.0 Å². The minimum absolute atomic E-state index is 0.198. The van der Waals surface area contributed by atoms with Crippen molar-refractivity contribution in [2.45, 2.75) is 13.3 Å². The Kier molecular flexibility index (Phi) is 3.43. The zero-order chi connectivity index (χ0) is 9.68. The fraction of sp³-hybridized carbons (Fsp3) is 0.300. The molecule has 0 unspecified atom stereocenters. The fourth-order valence-electron chi connectivity index (χ4n) is 1.13. The second kappa shape index (κ2) is 4.60. The van der Waals surface area contributed by atoms with E-state index in [1.807, 2.05) is 6.92 Å². The van der Waals surface area contributed by atoms with E-state index in [2.05, 4.69) is 10.3 Å². The predicted molar refractivity (Wildman–Crippen MR) is 53.8 cm³/mol. The van der Waals surface area contributed by atoms with Crippen LogP contribution in [0.25, 0.3) is 0 Å². The van der Waals surface area contributed by atoms with Crippen LogP contribution in [0.5, 0.6) is 0 Å². The van der Waals surface area contributed by atoms with Gasteiger partial charge in [-0.3, -0.25) is 4.99 Å². The topological polar surface area (TPSA) is 24.4 Å². The van der Waals surface area contributed by atoms with Gasteiger partial charge in [-0.05, 0) is 30.2 Å². The molecule has 1 aromatic carbocycles. The first-order valence-electron chi connectivity index (χ1n) is 4.23. The summed E-state index contributed by atoms with van der Waals surface area (Å²) in [5.74, 6) is -0.198. The smallest absolute Gasteiger partial charge is 0.123 e. The van der Waals surface area contributed by atoms with Gasteiger partial charge in [-0.25, -0.2) is 4.39 Å². The van der Waals surface area contributed by atoms with Crippen LogP contribution in [-0.2, 0) is 6.42 Å². The Morgan fingerprint density at radius 1 is 1.54 bits per heavy atom. The van der Waals surface area contributed by atoms with E-state index in [4.69, 9.17) is 0 Å². The normalized spacial score (nSPS) is 10.7. The molecule has 0 aliphatic rings.